The standard InChI is InChI=1S/C25H27F2N3O2/c1-25(19-9-11-29(12-10-19)15-18-7-4-8-21(26)22(18)27)23(31)30(24(32)28-25)20-13-16-5-2-3-6-17(16)14-20/h2-8,19-20H,9-15H2,1H3,(H,28,32). The van der Waals surface area contributed by atoms with E-state index in [-0.39, 0.29) is 23.9 Å². The lowest BCUT2D eigenvalue weighted by molar-refractivity contribution is -0.134. The number of hydrogen-bond donors (Lipinski definition) is 1. The van der Waals surface area contributed by atoms with Crippen LogP contribution < -0.4 is 5.32 Å². The molecule has 1 N–H and O–H groups in total. The third-order valence-electron chi connectivity index (χ3n) is 7.47. The zero-order chi connectivity index (χ0) is 22.5. The number of fused-ring (bicyclic) bond motifs is 1. The summed E-state index contributed by atoms with van der Waals surface area (Å²) in [6.45, 7) is 3.49. The van der Waals surface area contributed by atoms with Crippen molar-refractivity contribution in [3.05, 3.63) is 70.8 Å². The van der Waals surface area contributed by atoms with Crippen LogP contribution in [0.25, 0.3) is 0 Å². The Balaban J connectivity index is 1.24. The summed E-state index contributed by atoms with van der Waals surface area (Å²) in [5.41, 5.74) is 1.81. The molecule has 2 aliphatic heterocycles. The zero-order valence-corrected chi connectivity index (χ0v) is 18.1. The third-order valence-corrected chi connectivity index (χ3v) is 7.47. The Morgan fingerprint density at radius 1 is 1.00 bits per heavy atom. The second-order valence-electron chi connectivity index (χ2n) is 9.40. The smallest absolute Gasteiger partial charge is 0.323 e. The van der Waals surface area contributed by atoms with Gasteiger partial charge in [0.15, 0.2) is 11.6 Å². The number of imide groups is 1. The number of carbonyl (C=O) groups excluding carboxylic acids is 2. The van der Waals surface area contributed by atoms with Gasteiger partial charge in [0.25, 0.3) is 5.91 Å². The van der Waals surface area contributed by atoms with Crippen molar-refractivity contribution in [2.75, 3.05) is 13.1 Å². The SMILES string of the molecule is CC1(C2CCN(Cc3cccc(F)c3F)CC2)NC(=O)N(C2Cc3ccccc3C2)C1=O. The number of likely N-dealkylation sites (tertiary alicyclic amines) is 1. The summed E-state index contributed by atoms with van der Waals surface area (Å²) in [6, 6.07) is 11.9. The lowest BCUT2D eigenvalue weighted by atomic mass is 9.78. The number of hydrogen-bond acceptors (Lipinski definition) is 3. The molecule has 2 saturated heterocycles. The molecule has 3 aliphatic rings. The first-order valence-corrected chi connectivity index (χ1v) is 11.2. The third kappa shape index (κ3) is 3.48. The summed E-state index contributed by atoms with van der Waals surface area (Å²) in [5, 5.41) is 2.99. The van der Waals surface area contributed by atoms with Crippen molar-refractivity contribution in [1.29, 1.82) is 0 Å². The molecular weight excluding hydrogens is 412 g/mol. The van der Waals surface area contributed by atoms with Gasteiger partial charge in [-0.15, -0.1) is 0 Å². The molecule has 1 atom stereocenters. The van der Waals surface area contributed by atoms with Gasteiger partial charge in [-0.25, -0.2) is 13.6 Å². The Bertz CT molecular complexity index is 1040. The molecule has 2 aromatic carbocycles. The van der Waals surface area contributed by atoms with Crippen LogP contribution in [0.1, 0.15) is 36.5 Å². The summed E-state index contributed by atoms with van der Waals surface area (Å²) >= 11 is 0. The van der Waals surface area contributed by atoms with Gasteiger partial charge in [-0.1, -0.05) is 36.4 Å². The van der Waals surface area contributed by atoms with Gasteiger partial charge in [0.1, 0.15) is 5.54 Å². The molecule has 0 spiro atoms. The minimum atomic E-state index is -0.929. The largest absolute Gasteiger partial charge is 0.325 e. The van der Waals surface area contributed by atoms with Crippen molar-refractivity contribution in [2.45, 2.75) is 50.7 Å². The van der Waals surface area contributed by atoms with Crippen LogP contribution >= 0.6 is 0 Å². The predicted molar refractivity (Wildman–Crippen MR) is 116 cm³/mol. The first-order valence-electron chi connectivity index (χ1n) is 11.2. The number of rotatable bonds is 4. The lowest BCUT2D eigenvalue weighted by Gasteiger charge is -2.39. The number of benzene rings is 2. The fraction of sp³-hybridized carbons (Fsp3) is 0.440. The van der Waals surface area contributed by atoms with Crippen molar-refractivity contribution >= 4 is 11.9 Å². The summed E-state index contributed by atoms with van der Waals surface area (Å²) in [7, 11) is 0. The minimum absolute atomic E-state index is 0.00124. The number of nitrogens with zero attached hydrogens (tertiary/aromatic N) is 2. The van der Waals surface area contributed by atoms with E-state index in [2.05, 4.69) is 22.3 Å². The predicted octanol–water partition coefficient (Wildman–Crippen LogP) is 3.65. The van der Waals surface area contributed by atoms with Crippen LogP contribution in [0.5, 0.6) is 0 Å². The fourth-order valence-corrected chi connectivity index (χ4v) is 5.58. The van der Waals surface area contributed by atoms with Crippen molar-refractivity contribution in [3.63, 3.8) is 0 Å². The summed E-state index contributed by atoms with van der Waals surface area (Å²) in [5.74, 6) is -1.78. The molecule has 0 radical (unpaired) electrons. The van der Waals surface area contributed by atoms with Crippen LogP contribution in [0.15, 0.2) is 42.5 Å². The van der Waals surface area contributed by atoms with E-state index in [0.29, 0.717) is 50.9 Å². The zero-order valence-electron chi connectivity index (χ0n) is 18.1. The average Bonchev–Trinajstić information content (AvgIpc) is 3.30. The van der Waals surface area contributed by atoms with Crippen LogP contribution in [0.4, 0.5) is 13.6 Å². The Morgan fingerprint density at radius 3 is 2.31 bits per heavy atom. The molecule has 1 unspecified atom stereocenters. The quantitative estimate of drug-likeness (QED) is 0.740. The van der Waals surface area contributed by atoms with E-state index in [1.54, 1.807) is 6.07 Å². The highest BCUT2D eigenvalue weighted by atomic mass is 19.2. The maximum Gasteiger partial charge on any atom is 0.325 e. The highest BCUT2D eigenvalue weighted by Gasteiger charge is 2.55. The van der Waals surface area contributed by atoms with Crippen molar-refractivity contribution in [1.82, 2.24) is 15.1 Å². The first kappa shape index (κ1) is 21.1. The summed E-state index contributed by atoms with van der Waals surface area (Å²) in [4.78, 5) is 29.8. The van der Waals surface area contributed by atoms with E-state index in [4.69, 9.17) is 0 Å². The molecule has 2 aromatic rings. The van der Waals surface area contributed by atoms with Gasteiger partial charge in [0.05, 0.1) is 0 Å². The molecule has 168 valence electrons. The monoisotopic (exact) mass is 439 g/mol. The van der Waals surface area contributed by atoms with Crippen molar-refractivity contribution < 1.29 is 18.4 Å². The fourth-order valence-electron chi connectivity index (χ4n) is 5.58. The van der Waals surface area contributed by atoms with E-state index >= 15 is 0 Å². The number of amides is 3. The molecule has 2 heterocycles. The Labute approximate surface area is 186 Å². The van der Waals surface area contributed by atoms with Gasteiger partial charge < -0.3 is 5.32 Å². The maximum absolute atomic E-state index is 14.0. The molecular formula is C25H27F2N3O2. The van der Waals surface area contributed by atoms with Crippen LogP contribution in [-0.2, 0) is 24.2 Å². The van der Waals surface area contributed by atoms with Gasteiger partial charge in [-0.05, 0) is 68.8 Å². The van der Waals surface area contributed by atoms with Gasteiger partial charge in [0, 0.05) is 18.2 Å². The highest BCUT2D eigenvalue weighted by Crippen LogP contribution is 2.37. The van der Waals surface area contributed by atoms with Crippen LogP contribution in [0.3, 0.4) is 0 Å². The van der Waals surface area contributed by atoms with E-state index in [1.165, 1.54) is 22.1 Å². The molecule has 7 heteroatoms. The van der Waals surface area contributed by atoms with Crippen LogP contribution in [0, 0.1) is 17.6 Å². The Morgan fingerprint density at radius 2 is 1.66 bits per heavy atom. The van der Waals surface area contributed by atoms with E-state index < -0.39 is 17.2 Å². The average molecular weight is 440 g/mol. The molecule has 5 rings (SSSR count). The minimum Gasteiger partial charge on any atom is -0.323 e. The normalized spacial score (nSPS) is 24.8. The van der Waals surface area contributed by atoms with Gasteiger partial charge >= 0.3 is 6.03 Å². The molecule has 1 aliphatic carbocycles. The summed E-state index contributed by atoms with van der Waals surface area (Å²) < 4.78 is 27.5. The molecule has 32 heavy (non-hydrogen) atoms. The van der Waals surface area contributed by atoms with Crippen LogP contribution in [-0.4, -0.2) is 46.4 Å². The number of halogens is 2. The number of nitrogens with one attached hydrogen (secondary N) is 1. The maximum atomic E-state index is 14.0. The van der Waals surface area contributed by atoms with Gasteiger partial charge in [-0.3, -0.25) is 14.6 Å². The Hall–Kier alpha value is -2.80. The van der Waals surface area contributed by atoms with Crippen LogP contribution in [0.2, 0.25) is 0 Å². The van der Waals surface area contributed by atoms with E-state index in [0.717, 1.165) is 6.07 Å². The number of carbonyl (C=O) groups is 2. The molecule has 0 saturated carbocycles. The second kappa shape index (κ2) is 7.96. The highest BCUT2D eigenvalue weighted by molar-refractivity contribution is 6.07. The second-order valence-corrected chi connectivity index (χ2v) is 9.40. The molecule has 3 amide bonds. The lowest BCUT2D eigenvalue weighted by Crippen LogP contribution is -2.54. The van der Waals surface area contributed by atoms with Gasteiger partial charge in [-0.2, -0.15) is 0 Å². The van der Waals surface area contributed by atoms with Crippen molar-refractivity contribution in [3.8, 4) is 0 Å². The van der Waals surface area contributed by atoms with Crippen molar-refractivity contribution in [2.24, 2.45) is 5.92 Å². The number of urea groups is 1. The first-order chi connectivity index (χ1) is 15.4. The molecule has 0 aromatic heterocycles. The summed E-state index contributed by atoms with van der Waals surface area (Å²) in [6.07, 6.45) is 2.81. The topological polar surface area (TPSA) is 52.7 Å². The van der Waals surface area contributed by atoms with E-state index in [9.17, 15) is 18.4 Å². The Kier molecular flexibility index (Phi) is 5.24. The molecule has 2 fully saturated rings. The van der Waals surface area contributed by atoms with E-state index in [1.807, 2.05) is 19.1 Å². The molecule has 0 bridgehead atoms. The van der Waals surface area contributed by atoms with Gasteiger partial charge in [0.2, 0.25) is 0 Å². The number of piperidine rings is 1. The molecule has 5 nitrogen and oxygen atoms in total.